The number of amides is 1. The van der Waals surface area contributed by atoms with E-state index >= 15 is 0 Å². The van der Waals surface area contributed by atoms with E-state index in [-0.39, 0.29) is 41.5 Å². The molecular weight excluding hydrogens is 338 g/mol. The Labute approximate surface area is 149 Å². The van der Waals surface area contributed by atoms with E-state index in [9.17, 15) is 13.2 Å². The van der Waals surface area contributed by atoms with Crippen LogP contribution >= 0.6 is 0 Å². The summed E-state index contributed by atoms with van der Waals surface area (Å²) < 4.78 is 23.3. The Morgan fingerprint density at radius 3 is 2.56 bits per heavy atom. The molecule has 0 bridgehead atoms. The minimum absolute atomic E-state index is 0.00480. The first-order valence-electron chi connectivity index (χ1n) is 8.80. The molecule has 1 aromatic rings. The van der Waals surface area contributed by atoms with E-state index in [2.05, 4.69) is 17.0 Å². The van der Waals surface area contributed by atoms with E-state index < -0.39 is 9.84 Å². The normalized spacial score (nSPS) is 30.3. The molecule has 2 aliphatic heterocycles. The molecule has 1 amide bonds. The summed E-state index contributed by atoms with van der Waals surface area (Å²) in [6, 6.07) is 9.65. The maximum atomic E-state index is 12.8. The number of carbonyl (C=O) groups is 1. The summed E-state index contributed by atoms with van der Waals surface area (Å²) in [5.74, 6) is 0.444. The minimum Gasteiger partial charge on any atom is -0.340 e. The quantitative estimate of drug-likeness (QED) is 0.837. The van der Waals surface area contributed by atoms with Crippen LogP contribution in [0.25, 0.3) is 0 Å². The lowest BCUT2D eigenvalue weighted by molar-refractivity contribution is -0.136. The van der Waals surface area contributed by atoms with Crippen molar-refractivity contribution in [3.05, 3.63) is 35.9 Å². The lowest BCUT2D eigenvalue weighted by atomic mass is 9.95. The number of benzene rings is 1. The zero-order chi connectivity index (χ0) is 18.2. The van der Waals surface area contributed by atoms with Gasteiger partial charge in [0, 0.05) is 38.1 Å². The van der Waals surface area contributed by atoms with Crippen molar-refractivity contribution in [1.82, 2.24) is 9.80 Å². The summed E-state index contributed by atoms with van der Waals surface area (Å²) >= 11 is 0. The molecule has 0 saturated carbocycles. The number of nitrogens with zero attached hydrogens (tertiary/aromatic N) is 2. The largest absolute Gasteiger partial charge is 0.340 e. The summed E-state index contributed by atoms with van der Waals surface area (Å²) in [6.07, 6.45) is 0.531. The molecule has 0 aliphatic carbocycles. The Hall–Kier alpha value is -1.44. The molecular formula is C18H27N3O3S. The molecule has 2 saturated heterocycles. The van der Waals surface area contributed by atoms with Gasteiger partial charge >= 0.3 is 0 Å². The van der Waals surface area contributed by atoms with Crippen LogP contribution < -0.4 is 5.73 Å². The molecule has 25 heavy (non-hydrogen) atoms. The number of hydrogen-bond acceptors (Lipinski definition) is 5. The molecule has 0 aromatic heterocycles. The van der Waals surface area contributed by atoms with E-state index in [1.165, 1.54) is 5.56 Å². The van der Waals surface area contributed by atoms with Crippen molar-refractivity contribution in [2.45, 2.75) is 37.4 Å². The first kappa shape index (κ1) is 18.4. The van der Waals surface area contributed by atoms with Crippen LogP contribution in [0.4, 0.5) is 0 Å². The van der Waals surface area contributed by atoms with Gasteiger partial charge in [-0.25, -0.2) is 8.42 Å². The van der Waals surface area contributed by atoms with E-state index in [0.717, 1.165) is 6.54 Å². The molecule has 0 spiro atoms. The van der Waals surface area contributed by atoms with Gasteiger partial charge in [0.1, 0.15) is 0 Å². The minimum atomic E-state index is -3.00. The van der Waals surface area contributed by atoms with Gasteiger partial charge < -0.3 is 10.6 Å². The number of rotatable bonds is 4. The predicted molar refractivity (Wildman–Crippen MR) is 98.0 cm³/mol. The monoisotopic (exact) mass is 365 g/mol. The number of nitrogens with two attached hydrogens (primary N) is 1. The Bertz CT molecular complexity index is 722. The second kappa shape index (κ2) is 7.05. The molecule has 4 atom stereocenters. The van der Waals surface area contributed by atoms with Crippen LogP contribution in [0.3, 0.4) is 0 Å². The maximum absolute atomic E-state index is 12.8. The SMILES string of the molecule is CC(C(=O)N(C)C1CCS(=O)(=O)C1)N1C[C@@H](N)[C@H](c2ccccc2)C1. The fourth-order valence-corrected chi connectivity index (χ4v) is 5.72. The summed E-state index contributed by atoms with van der Waals surface area (Å²) in [4.78, 5) is 16.6. The summed E-state index contributed by atoms with van der Waals surface area (Å²) in [5, 5.41) is 0. The highest BCUT2D eigenvalue weighted by atomic mass is 32.2. The van der Waals surface area contributed by atoms with Gasteiger partial charge in [0.15, 0.2) is 9.84 Å². The highest BCUT2D eigenvalue weighted by Crippen LogP contribution is 2.28. The average molecular weight is 365 g/mol. The third-order valence-corrected chi connectivity index (χ3v) is 7.38. The topological polar surface area (TPSA) is 83.7 Å². The van der Waals surface area contributed by atoms with E-state index in [1.807, 2.05) is 25.1 Å². The van der Waals surface area contributed by atoms with Gasteiger partial charge in [-0.3, -0.25) is 9.69 Å². The van der Waals surface area contributed by atoms with Crippen molar-refractivity contribution in [3.63, 3.8) is 0 Å². The molecule has 7 heteroatoms. The van der Waals surface area contributed by atoms with Gasteiger partial charge in [-0.2, -0.15) is 0 Å². The van der Waals surface area contributed by atoms with Gasteiger partial charge in [0.25, 0.3) is 0 Å². The Morgan fingerprint density at radius 1 is 1.28 bits per heavy atom. The lowest BCUT2D eigenvalue weighted by Crippen LogP contribution is -2.49. The standard InChI is InChI=1S/C18H27N3O3S/c1-13(18(22)20(2)15-8-9-25(23,24)12-15)21-10-16(17(19)11-21)14-6-4-3-5-7-14/h3-7,13,15-17H,8-12,19H2,1-2H3/t13?,15?,16-,17+/m0/s1. The average Bonchev–Trinajstić information content (AvgIpc) is 3.16. The molecule has 2 aliphatic rings. The van der Waals surface area contributed by atoms with Crippen molar-refractivity contribution in [2.24, 2.45) is 5.73 Å². The lowest BCUT2D eigenvalue weighted by Gasteiger charge is -2.31. The number of carbonyl (C=O) groups excluding carboxylic acids is 1. The van der Waals surface area contributed by atoms with Gasteiger partial charge in [0.2, 0.25) is 5.91 Å². The second-order valence-corrected chi connectivity index (χ2v) is 9.55. The first-order valence-corrected chi connectivity index (χ1v) is 10.6. The first-order chi connectivity index (χ1) is 11.8. The van der Waals surface area contributed by atoms with Crippen molar-refractivity contribution in [2.75, 3.05) is 31.6 Å². The highest BCUT2D eigenvalue weighted by Gasteiger charge is 2.39. The molecule has 3 rings (SSSR count). The molecule has 2 heterocycles. The third-order valence-electron chi connectivity index (χ3n) is 5.63. The van der Waals surface area contributed by atoms with Crippen LogP contribution in [0.5, 0.6) is 0 Å². The van der Waals surface area contributed by atoms with Crippen LogP contribution in [0, 0.1) is 0 Å². The van der Waals surface area contributed by atoms with Crippen molar-refractivity contribution < 1.29 is 13.2 Å². The van der Waals surface area contributed by atoms with Gasteiger partial charge in [-0.15, -0.1) is 0 Å². The fraction of sp³-hybridized carbons (Fsp3) is 0.611. The van der Waals surface area contributed by atoms with Gasteiger partial charge in [0.05, 0.1) is 17.5 Å². The molecule has 2 N–H and O–H groups in total. The smallest absolute Gasteiger partial charge is 0.239 e. The molecule has 1 aromatic carbocycles. The van der Waals surface area contributed by atoms with E-state index in [0.29, 0.717) is 13.0 Å². The third kappa shape index (κ3) is 3.88. The number of sulfone groups is 1. The molecule has 6 nitrogen and oxygen atoms in total. The molecule has 2 fully saturated rings. The van der Waals surface area contributed by atoms with Crippen LogP contribution in [0.15, 0.2) is 30.3 Å². The van der Waals surface area contributed by atoms with Crippen LogP contribution in [-0.2, 0) is 14.6 Å². The Kier molecular flexibility index (Phi) is 5.18. The summed E-state index contributed by atoms with van der Waals surface area (Å²) in [7, 11) is -1.28. The summed E-state index contributed by atoms with van der Waals surface area (Å²) in [6.45, 7) is 3.31. The zero-order valence-electron chi connectivity index (χ0n) is 14.8. The fourth-order valence-electron chi connectivity index (χ4n) is 3.94. The molecule has 0 radical (unpaired) electrons. The van der Waals surface area contributed by atoms with Gasteiger partial charge in [-0.1, -0.05) is 30.3 Å². The van der Waals surface area contributed by atoms with Crippen molar-refractivity contribution in [3.8, 4) is 0 Å². The van der Waals surface area contributed by atoms with E-state index in [1.54, 1.807) is 11.9 Å². The maximum Gasteiger partial charge on any atom is 0.239 e. The number of likely N-dealkylation sites (tertiary alicyclic amines) is 1. The van der Waals surface area contributed by atoms with Crippen molar-refractivity contribution in [1.29, 1.82) is 0 Å². The van der Waals surface area contributed by atoms with Gasteiger partial charge in [-0.05, 0) is 18.9 Å². The Morgan fingerprint density at radius 2 is 1.96 bits per heavy atom. The van der Waals surface area contributed by atoms with Crippen LogP contribution in [-0.4, -0.2) is 73.9 Å². The molecule has 138 valence electrons. The second-order valence-electron chi connectivity index (χ2n) is 7.32. The number of hydrogen-bond donors (Lipinski definition) is 1. The van der Waals surface area contributed by atoms with Crippen LogP contribution in [0.2, 0.25) is 0 Å². The zero-order valence-corrected chi connectivity index (χ0v) is 15.7. The highest BCUT2D eigenvalue weighted by molar-refractivity contribution is 7.91. The van der Waals surface area contributed by atoms with Crippen molar-refractivity contribution >= 4 is 15.7 Å². The van der Waals surface area contributed by atoms with Crippen LogP contribution in [0.1, 0.15) is 24.8 Å². The summed E-state index contributed by atoms with van der Waals surface area (Å²) in [5.41, 5.74) is 7.53. The van der Waals surface area contributed by atoms with E-state index in [4.69, 9.17) is 5.73 Å². The molecule has 2 unspecified atom stereocenters. The predicted octanol–water partition coefficient (Wildman–Crippen LogP) is 0.447. The number of likely N-dealkylation sites (N-methyl/N-ethyl adjacent to an activating group) is 1. The Balaban J connectivity index is 1.65.